The molecule has 26 heavy (non-hydrogen) atoms. The first kappa shape index (κ1) is 17.3. The van der Waals surface area contributed by atoms with E-state index in [0.29, 0.717) is 12.8 Å². The Bertz CT molecular complexity index is 885. The van der Waals surface area contributed by atoms with E-state index in [1.807, 2.05) is 47.4 Å². The summed E-state index contributed by atoms with van der Waals surface area (Å²) >= 11 is 7.96. The summed E-state index contributed by atoms with van der Waals surface area (Å²) in [5.74, 6) is 0.211. The highest BCUT2D eigenvalue weighted by molar-refractivity contribution is 7.18. The number of hydrogen-bond acceptors (Lipinski definition) is 4. The van der Waals surface area contributed by atoms with Gasteiger partial charge in [-0.25, -0.2) is 4.98 Å². The number of rotatable bonds is 4. The van der Waals surface area contributed by atoms with Gasteiger partial charge < -0.3 is 9.80 Å². The second kappa shape index (κ2) is 7.64. The van der Waals surface area contributed by atoms with Crippen LogP contribution in [0.4, 0.5) is 5.69 Å². The number of carbonyl (C=O) groups excluding carboxylic acids is 1. The lowest BCUT2D eigenvalue weighted by atomic mass is 10.2. The van der Waals surface area contributed by atoms with Crippen molar-refractivity contribution in [1.29, 1.82) is 0 Å². The molecule has 1 aliphatic heterocycles. The molecule has 1 aliphatic rings. The standard InChI is InChI=1S/C20H20ClN3OS/c21-15-5-1-3-7-17(15)23-11-13-24(14-12-23)20(25)10-9-19-22-16-6-2-4-8-18(16)26-19/h1-8H,9-14H2. The van der Waals surface area contributed by atoms with Crippen molar-refractivity contribution in [3.05, 3.63) is 58.6 Å². The zero-order chi connectivity index (χ0) is 17.9. The molecule has 3 aromatic rings. The van der Waals surface area contributed by atoms with Gasteiger partial charge in [-0.15, -0.1) is 11.3 Å². The van der Waals surface area contributed by atoms with Gasteiger partial charge in [-0.05, 0) is 24.3 Å². The van der Waals surface area contributed by atoms with E-state index in [2.05, 4.69) is 16.0 Å². The van der Waals surface area contributed by atoms with Gasteiger partial charge in [0.2, 0.25) is 5.91 Å². The van der Waals surface area contributed by atoms with E-state index in [9.17, 15) is 4.79 Å². The molecule has 0 N–H and O–H groups in total. The fraction of sp³-hybridized carbons (Fsp3) is 0.300. The fourth-order valence-electron chi connectivity index (χ4n) is 3.30. The first-order valence-electron chi connectivity index (χ1n) is 8.82. The van der Waals surface area contributed by atoms with Crippen molar-refractivity contribution in [2.75, 3.05) is 31.1 Å². The van der Waals surface area contributed by atoms with E-state index < -0.39 is 0 Å². The predicted molar refractivity (Wildman–Crippen MR) is 108 cm³/mol. The normalized spacial score (nSPS) is 14.8. The van der Waals surface area contributed by atoms with Crippen LogP contribution in [-0.4, -0.2) is 42.0 Å². The van der Waals surface area contributed by atoms with Crippen LogP contribution in [0.25, 0.3) is 10.2 Å². The molecule has 0 aliphatic carbocycles. The zero-order valence-corrected chi connectivity index (χ0v) is 16.0. The number of benzene rings is 2. The smallest absolute Gasteiger partial charge is 0.223 e. The monoisotopic (exact) mass is 385 g/mol. The van der Waals surface area contributed by atoms with Gasteiger partial charge in [0.05, 0.1) is 25.9 Å². The summed E-state index contributed by atoms with van der Waals surface area (Å²) in [4.78, 5) is 21.4. The molecular weight excluding hydrogens is 366 g/mol. The number of anilines is 1. The van der Waals surface area contributed by atoms with Crippen molar-refractivity contribution in [1.82, 2.24) is 9.88 Å². The Morgan fingerprint density at radius 3 is 2.54 bits per heavy atom. The van der Waals surface area contributed by atoms with Gasteiger partial charge in [0.1, 0.15) is 0 Å². The van der Waals surface area contributed by atoms with Gasteiger partial charge in [-0.1, -0.05) is 35.9 Å². The highest BCUT2D eigenvalue weighted by atomic mass is 35.5. The molecule has 1 fully saturated rings. The molecule has 1 saturated heterocycles. The van der Waals surface area contributed by atoms with Gasteiger partial charge in [0, 0.05) is 39.0 Å². The Hall–Kier alpha value is -2.11. The van der Waals surface area contributed by atoms with E-state index in [1.54, 1.807) is 11.3 Å². The Labute approximate surface area is 162 Å². The molecule has 1 aromatic heterocycles. The summed E-state index contributed by atoms with van der Waals surface area (Å²) in [5, 5.41) is 1.80. The molecule has 0 bridgehead atoms. The van der Waals surface area contributed by atoms with E-state index in [0.717, 1.165) is 47.4 Å². The maximum Gasteiger partial charge on any atom is 0.223 e. The fourth-order valence-corrected chi connectivity index (χ4v) is 4.53. The molecule has 0 saturated carbocycles. The van der Waals surface area contributed by atoms with Crippen LogP contribution in [0, 0.1) is 0 Å². The maximum atomic E-state index is 12.6. The van der Waals surface area contributed by atoms with Crippen molar-refractivity contribution in [3.63, 3.8) is 0 Å². The van der Waals surface area contributed by atoms with E-state index in [1.165, 1.54) is 4.70 Å². The molecule has 2 heterocycles. The maximum absolute atomic E-state index is 12.6. The summed E-state index contributed by atoms with van der Waals surface area (Å²) in [5.41, 5.74) is 2.07. The molecule has 0 radical (unpaired) electrons. The Balaban J connectivity index is 1.31. The summed E-state index contributed by atoms with van der Waals surface area (Å²) in [6.45, 7) is 3.11. The summed E-state index contributed by atoms with van der Waals surface area (Å²) in [6.07, 6.45) is 1.23. The van der Waals surface area contributed by atoms with Crippen molar-refractivity contribution in [2.24, 2.45) is 0 Å². The van der Waals surface area contributed by atoms with E-state index >= 15 is 0 Å². The van der Waals surface area contributed by atoms with Crippen LogP contribution >= 0.6 is 22.9 Å². The SMILES string of the molecule is O=C(CCc1nc2ccccc2s1)N1CCN(c2ccccc2Cl)CC1. The van der Waals surface area contributed by atoms with Gasteiger partial charge in [0.25, 0.3) is 0 Å². The van der Waals surface area contributed by atoms with Gasteiger partial charge in [0.15, 0.2) is 0 Å². The number of halogens is 1. The molecule has 0 spiro atoms. The average Bonchev–Trinajstić information content (AvgIpc) is 3.10. The first-order valence-corrected chi connectivity index (χ1v) is 10.0. The number of amides is 1. The van der Waals surface area contributed by atoms with Crippen LogP contribution in [0.5, 0.6) is 0 Å². The van der Waals surface area contributed by atoms with Crippen LogP contribution in [0.1, 0.15) is 11.4 Å². The van der Waals surface area contributed by atoms with Crippen molar-refractivity contribution >= 4 is 44.7 Å². The van der Waals surface area contributed by atoms with Crippen LogP contribution in [0.2, 0.25) is 5.02 Å². The van der Waals surface area contributed by atoms with Crippen molar-refractivity contribution in [3.8, 4) is 0 Å². The van der Waals surface area contributed by atoms with Gasteiger partial charge in [-0.3, -0.25) is 4.79 Å². The second-order valence-electron chi connectivity index (χ2n) is 6.39. The molecule has 0 unspecified atom stereocenters. The number of aromatic nitrogens is 1. The summed E-state index contributed by atoms with van der Waals surface area (Å²) in [6, 6.07) is 16.0. The van der Waals surface area contributed by atoms with Crippen LogP contribution in [0.3, 0.4) is 0 Å². The first-order chi connectivity index (χ1) is 12.7. The lowest BCUT2D eigenvalue weighted by molar-refractivity contribution is -0.131. The Kier molecular flexibility index (Phi) is 5.09. The molecular formula is C20H20ClN3OS. The molecule has 4 nitrogen and oxygen atoms in total. The molecule has 4 rings (SSSR count). The molecule has 0 atom stereocenters. The van der Waals surface area contributed by atoms with Crippen LogP contribution in [0.15, 0.2) is 48.5 Å². The number of aryl methyl sites for hydroxylation is 1. The Morgan fingerprint density at radius 1 is 1.04 bits per heavy atom. The van der Waals surface area contributed by atoms with E-state index in [4.69, 9.17) is 11.6 Å². The molecule has 134 valence electrons. The van der Waals surface area contributed by atoms with Crippen LogP contribution < -0.4 is 4.90 Å². The summed E-state index contributed by atoms with van der Waals surface area (Å²) in [7, 11) is 0. The largest absolute Gasteiger partial charge is 0.367 e. The lowest BCUT2D eigenvalue weighted by Gasteiger charge is -2.36. The quantitative estimate of drug-likeness (QED) is 0.674. The van der Waals surface area contributed by atoms with Crippen molar-refractivity contribution in [2.45, 2.75) is 12.8 Å². The third-order valence-electron chi connectivity index (χ3n) is 4.72. The van der Waals surface area contributed by atoms with Crippen molar-refractivity contribution < 1.29 is 4.79 Å². The van der Waals surface area contributed by atoms with Gasteiger partial charge in [-0.2, -0.15) is 0 Å². The minimum Gasteiger partial charge on any atom is -0.367 e. The third-order valence-corrected chi connectivity index (χ3v) is 6.13. The summed E-state index contributed by atoms with van der Waals surface area (Å²) < 4.78 is 1.18. The lowest BCUT2D eigenvalue weighted by Crippen LogP contribution is -2.48. The third kappa shape index (κ3) is 3.69. The number of nitrogens with zero attached hydrogens (tertiary/aromatic N) is 3. The molecule has 2 aromatic carbocycles. The highest BCUT2D eigenvalue weighted by Gasteiger charge is 2.22. The topological polar surface area (TPSA) is 36.4 Å². The minimum absolute atomic E-state index is 0.211. The number of carbonyl (C=O) groups is 1. The molecule has 1 amide bonds. The predicted octanol–water partition coefficient (Wildman–Crippen LogP) is 4.23. The van der Waals surface area contributed by atoms with Gasteiger partial charge >= 0.3 is 0 Å². The number of fused-ring (bicyclic) bond motifs is 1. The second-order valence-corrected chi connectivity index (χ2v) is 7.92. The number of hydrogen-bond donors (Lipinski definition) is 0. The number of thiazole rings is 1. The number of piperazine rings is 1. The number of para-hydroxylation sites is 2. The Morgan fingerprint density at radius 2 is 1.77 bits per heavy atom. The average molecular weight is 386 g/mol. The van der Waals surface area contributed by atoms with E-state index in [-0.39, 0.29) is 5.91 Å². The molecule has 6 heteroatoms. The highest BCUT2D eigenvalue weighted by Crippen LogP contribution is 2.26. The minimum atomic E-state index is 0.211. The zero-order valence-electron chi connectivity index (χ0n) is 14.4. The van der Waals surface area contributed by atoms with Crippen LogP contribution in [-0.2, 0) is 11.2 Å².